The molecule has 1 saturated heterocycles. The first kappa shape index (κ1) is 18.0. The fourth-order valence-electron chi connectivity index (χ4n) is 4.01. The predicted molar refractivity (Wildman–Crippen MR) is 111 cm³/mol. The molecule has 0 unspecified atom stereocenters. The zero-order valence-electron chi connectivity index (χ0n) is 16.2. The minimum Gasteiger partial charge on any atom is -0.438 e. The highest BCUT2D eigenvalue weighted by atomic mass is 32.1. The van der Waals surface area contributed by atoms with Gasteiger partial charge in [0, 0.05) is 18.0 Å². The van der Waals surface area contributed by atoms with Gasteiger partial charge in [-0.05, 0) is 48.9 Å². The van der Waals surface area contributed by atoms with Crippen LogP contribution in [-0.2, 0) is 30.5 Å². The molecular weight excluding hydrogens is 370 g/mol. The van der Waals surface area contributed by atoms with Crippen LogP contribution in [0.1, 0.15) is 35.2 Å². The quantitative estimate of drug-likeness (QED) is 0.642. The first-order valence-corrected chi connectivity index (χ1v) is 11.0. The Kier molecular flexibility index (Phi) is 5.01. The topological polar surface area (TPSA) is 47.5 Å². The summed E-state index contributed by atoms with van der Waals surface area (Å²) in [6, 6.07) is 8.34. The van der Waals surface area contributed by atoms with Crippen molar-refractivity contribution in [2.24, 2.45) is 0 Å². The van der Waals surface area contributed by atoms with E-state index in [2.05, 4.69) is 24.0 Å². The lowest BCUT2D eigenvalue weighted by atomic mass is 10.2. The van der Waals surface area contributed by atoms with Crippen LogP contribution in [0.5, 0.6) is 11.6 Å². The van der Waals surface area contributed by atoms with E-state index in [0.717, 1.165) is 79.8 Å². The van der Waals surface area contributed by atoms with Crippen molar-refractivity contribution in [1.29, 1.82) is 0 Å². The second kappa shape index (κ2) is 7.78. The fraction of sp³-hybridized carbons (Fsp3) is 0.455. The third-order valence-electron chi connectivity index (χ3n) is 5.59. The Bertz CT molecular complexity index is 978. The number of thiophene rings is 1. The number of fused-ring (bicyclic) bond motifs is 3. The third kappa shape index (κ3) is 3.52. The molecular formula is C22H25N3O2S. The van der Waals surface area contributed by atoms with Gasteiger partial charge in [0.05, 0.1) is 25.1 Å². The zero-order chi connectivity index (χ0) is 18.9. The van der Waals surface area contributed by atoms with E-state index < -0.39 is 0 Å². The molecule has 28 heavy (non-hydrogen) atoms. The molecule has 5 nitrogen and oxygen atoms in total. The smallest absolute Gasteiger partial charge is 0.231 e. The van der Waals surface area contributed by atoms with Crippen molar-refractivity contribution in [1.82, 2.24) is 14.9 Å². The van der Waals surface area contributed by atoms with Gasteiger partial charge in [0.2, 0.25) is 5.88 Å². The Morgan fingerprint density at radius 3 is 2.71 bits per heavy atom. The van der Waals surface area contributed by atoms with E-state index >= 15 is 0 Å². The molecule has 2 aliphatic rings. The Morgan fingerprint density at radius 1 is 1.11 bits per heavy atom. The molecule has 1 aliphatic heterocycles. The minimum absolute atomic E-state index is 0.719. The van der Waals surface area contributed by atoms with Crippen molar-refractivity contribution in [3.8, 4) is 11.6 Å². The van der Waals surface area contributed by atoms with E-state index in [1.54, 1.807) is 0 Å². The maximum absolute atomic E-state index is 6.32. The molecule has 0 spiro atoms. The van der Waals surface area contributed by atoms with E-state index in [4.69, 9.17) is 19.4 Å². The van der Waals surface area contributed by atoms with Crippen molar-refractivity contribution in [2.75, 3.05) is 26.3 Å². The van der Waals surface area contributed by atoms with Gasteiger partial charge in [-0.15, -0.1) is 11.3 Å². The van der Waals surface area contributed by atoms with Gasteiger partial charge >= 0.3 is 0 Å². The molecule has 0 atom stereocenters. The monoisotopic (exact) mass is 395 g/mol. The van der Waals surface area contributed by atoms with Crippen molar-refractivity contribution >= 4 is 21.6 Å². The van der Waals surface area contributed by atoms with E-state index in [1.165, 1.54) is 22.4 Å². The summed E-state index contributed by atoms with van der Waals surface area (Å²) in [5.41, 5.74) is 2.71. The molecule has 5 rings (SSSR count). The molecule has 2 aromatic heterocycles. The van der Waals surface area contributed by atoms with Gasteiger partial charge in [0.15, 0.2) is 0 Å². The van der Waals surface area contributed by atoms with Gasteiger partial charge < -0.3 is 9.47 Å². The van der Waals surface area contributed by atoms with E-state index in [-0.39, 0.29) is 0 Å². The minimum atomic E-state index is 0.719. The van der Waals surface area contributed by atoms with Crippen LogP contribution in [0.4, 0.5) is 0 Å². The van der Waals surface area contributed by atoms with E-state index in [9.17, 15) is 0 Å². The number of ether oxygens (including phenoxy) is 2. The van der Waals surface area contributed by atoms with E-state index in [0.29, 0.717) is 0 Å². The number of hydrogen-bond donors (Lipinski definition) is 0. The molecule has 3 aromatic rings. The van der Waals surface area contributed by atoms with Gasteiger partial charge in [-0.1, -0.05) is 19.1 Å². The number of benzene rings is 1. The summed E-state index contributed by atoms with van der Waals surface area (Å²) in [6.45, 7) is 6.32. The van der Waals surface area contributed by atoms with Crippen LogP contribution in [0.3, 0.4) is 0 Å². The van der Waals surface area contributed by atoms with Crippen LogP contribution in [-0.4, -0.2) is 41.2 Å². The lowest BCUT2D eigenvalue weighted by molar-refractivity contribution is 0.0330. The lowest BCUT2D eigenvalue weighted by Crippen LogP contribution is -2.36. The first-order chi connectivity index (χ1) is 13.8. The molecule has 146 valence electrons. The molecule has 0 bridgehead atoms. The molecule has 6 heteroatoms. The Hall–Kier alpha value is -2.02. The average Bonchev–Trinajstić information content (AvgIpc) is 3.30. The largest absolute Gasteiger partial charge is 0.438 e. The number of aromatic nitrogens is 2. The van der Waals surface area contributed by atoms with Crippen LogP contribution >= 0.6 is 11.3 Å². The first-order valence-electron chi connectivity index (χ1n) is 10.2. The number of nitrogens with zero attached hydrogens (tertiary/aromatic N) is 3. The van der Waals surface area contributed by atoms with E-state index in [1.807, 2.05) is 23.5 Å². The summed E-state index contributed by atoms with van der Waals surface area (Å²) in [5.74, 6) is 2.40. The highest BCUT2D eigenvalue weighted by Gasteiger charge is 2.24. The third-order valence-corrected chi connectivity index (χ3v) is 6.78. The number of hydrogen-bond acceptors (Lipinski definition) is 6. The predicted octanol–water partition coefficient (Wildman–Crippen LogP) is 4.37. The standard InChI is InChI=1S/C22H25N3O2S/c1-2-15-6-8-16(9-7-15)27-21-20-17-4-3-5-18(17)28-22(20)24-19(23-21)14-25-10-12-26-13-11-25/h6-9H,2-5,10-14H2,1H3. The molecule has 1 aliphatic carbocycles. The Labute approximate surface area is 169 Å². The van der Waals surface area contributed by atoms with Crippen molar-refractivity contribution in [3.05, 3.63) is 46.1 Å². The van der Waals surface area contributed by atoms with Crippen molar-refractivity contribution in [2.45, 2.75) is 39.2 Å². The fourth-order valence-corrected chi connectivity index (χ4v) is 5.28. The van der Waals surface area contributed by atoms with Crippen LogP contribution in [0.2, 0.25) is 0 Å². The number of rotatable bonds is 5. The van der Waals surface area contributed by atoms with Gasteiger partial charge in [0.25, 0.3) is 0 Å². The Balaban J connectivity index is 1.51. The molecule has 3 heterocycles. The SMILES string of the molecule is CCc1ccc(Oc2nc(CN3CCOCC3)nc3sc4c(c23)CCC4)cc1. The molecule has 1 fully saturated rings. The molecule has 1 aromatic carbocycles. The van der Waals surface area contributed by atoms with Gasteiger partial charge in [-0.3, -0.25) is 4.90 Å². The van der Waals surface area contributed by atoms with Crippen LogP contribution in [0.15, 0.2) is 24.3 Å². The van der Waals surface area contributed by atoms with Gasteiger partial charge in [0.1, 0.15) is 16.4 Å². The summed E-state index contributed by atoms with van der Waals surface area (Å²) < 4.78 is 11.8. The second-order valence-electron chi connectivity index (χ2n) is 7.47. The molecule has 0 N–H and O–H groups in total. The number of aryl methyl sites for hydroxylation is 3. The van der Waals surface area contributed by atoms with Gasteiger partial charge in [-0.25, -0.2) is 4.98 Å². The summed E-state index contributed by atoms with van der Waals surface area (Å²) in [6.07, 6.45) is 4.50. The second-order valence-corrected chi connectivity index (χ2v) is 8.55. The maximum Gasteiger partial charge on any atom is 0.231 e. The average molecular weight is 396 g/mol. The van der Waals surface area contributed by atoms with Crippen LogP contribution in [0.25, 0.3) is 10.2 Å². The molecule has 0 amide bonds. The Morgan fingerprint density at radius 2 is 1.93 bits per heavy atom. The normalized spacial score (nSPS) is 17.2. The number of morpholine rings is 1. The lowest BCUT2D eigenvalue weighted by Gasteiger charge is -2.25. The molecule has 0 saturated carbocycles. The van der Waals surface area contributed by atoms with Crippen LogP contribution < -0.4 is 4.74 Å². The molecule has 0 radical (unpaired) electrons. The van der Waals surface area contributed by atoms with Crippen molar-refractivity contribution < 1.29 is 9.47 Å². The van der Waals surface area contributed by atoms with Crippen LogP contribution in [0, 0.1) is 0 Å². The summed E-state index contributed by atoms with van der Waals surface area (Å²) in [7, 11) is 0. The maximum atomic E-state index is 6.32. The summed E-state index contributed by atoms with van der Waals surface area (Å²) in [5, 5.41) is 1.13. The van der Waals surface area contributed by atoms with Crippen molar-refractivity contribution in [3.63, 3.8) is 0 Å². The highest BCUT2D eigenvalue weighted by molar-refractivity contribution is 7.19. The van der Waals surface area contributed by atoms with Gasteiger partial charge in [-0.2, -0.15) is 4.98 Å². The summed E-state index contributed by atoms with van der Waals surface area (Å²) in [4.78, 5) is 14.7. The zero-order valence-corrected chi connectivity index (χ0v) is 17.1. The summed E-state index contributed by atoms with van der Waals surface area (Å²) >= 11 is 1.82. The highest BCUT2D eigenvalue weighted by Crippen LogP contribution is 2.41.